The minimum Gasteiger partial charge on any atom is -0.360 e. The van der Waals surface area contributed by atoms with Gasteiger partial charge >= 0.3 is 0 Å². The molecule has 0 radical (unpaired) electrons. The Hall–Kier alpha value is -8.04. The van der Waals surface area contributed by atoms with E-state index in [0.29, 0.717) is 22.3 Å². The lowest BCUT2D eigenvalue weighted by Gasteiger charge is -2.34. The number of H-pyrrole nitrogens is 4. The first kappa shape index (κ1) is 37.5. The minimum absolute atomic E-state index is 0.579. The molecule has 4 aromatic carbocycles. The number of benzene rings is 4. The number of hydrogen-bond acceptors (Lipinski definition) is 4. The highest BCUT2D eigenvalue weighted by Gasteiger charge is 2.43. The smallest absolute Gasteiger partial charge is 0.0991 e. The van der Waals surface area contributed by atoms with Gasteiger partial charge in [-0.1, -0.05) is 48.5 Å². The molecule has 0 saturated carbocycles. The number of aromatic nitrogens is 4. The molecule has 4 aromatic heterocycles. The molecule has 0 aliphatic carbocycles. The Labute approximate surface area is 349 Å². The molecular weight excluding hydrogens is 737 g/mol. The summed E-state index contributed by atoms with van der Waals surface area (Å²) in [4.78, 5) is 15.7. The van der Waals surface area contributed by atoms with Crippen LogP contribution in [-0.2, 0) is 21.7 Å². The molecule has 4 N–H and O–H groups in total. The first-order valence-corrected chi connectivity index (χ1v) is 19.8. The van der Waals surface area contributed by atoms with Gasteiger partial charge in [-0.2, -0.15) is 21.0 Å². The van der Waals surface area contributed by atoms with Crippen molar-refractivity contribution in [2.45, 2.75) is 49.4 Å². The SMILES string of the molecule is CC1(c2ccc(C#N)cc2)c2ccc([nH]2)C(C)(c2ccc(C#N)cc2)c2ccc([nH]2)C(C)(c2ccc(C#N)cc2)c2ccc([nH]2)C(C)(c2ccc(C#N)cc2)c2ccc1[nH]2. The molecule has 8 bridgehead atoms. The highest BCUT2D eigenvalue weighted by molar-refractivity contribution is 5.57. The second-order valence-electron chi connectivity index (χ2n) is 16.4. The molecule has 8 nitrogen and oxygen atoms in total. The van der Waals surface area contributed by atoms with Gasteiger partial charge in [0.2, 0.25) is 0 Å². The van der Waals surface area contributed by atoms with E-state index in [2.05, 4.69) is 120 Å². The van der Waals surface area contributed by atoms with Crippen molar-refractivity contribution < 1.29 is 0 Å². The largest absolute Gasteiger partial charge is 0.360 e. The summed E-state index contributed by atoms with van der Waals surface area (Å²) in [5, 5.41) is 39.0. The van der Waals surface area contributed by atoms with E-state index in [0.717, 1.165) is 67.8 Å². The molecule has 8 heteroatoms. The minimum atomic E-state index is -0.741. The van der Waals surface area contributed by atoms with Crippen LogP contribution in [0.1, 0.15) is 118 Å². The lowest BCUT2D eigenvalue weighted by atomic mass is 9.76. The molecule has 8 aromatic rings. The summed E-state index contributed by atoms with van der Waals surface area (Å²) < 4.78 is 0. The fraction of sp³-hybridized carbons (Fsp3) is 0.154. The maximum atomic E-state index is 9.74. The molecule has 0 unspecified atom stereocenters. The van der Waals surface area contributed by atoms with Crippen LogP contribution in [0.4, 0.5) is 0 Å². The second-order valence-corrected chi connectivity index (χ2v) is 16.4. The van der Waals surface area contributed by atoms with Crippen LogP contribution in [0.5, 0.6) is 0 Å². The van der Waals surface area contributed by atoms with Crippen LogP contribution < -0.4 is 0 Å². The number of nitrogens with one attached hydrogen (secondary N) is 4. The maximum absolute atomic E-state index is 9.74. The Morgan fingerprint density at radius 3 is 0.550 bits per heavy atom. The van der Waals surface area contributed by atoms with Gasteiger partial charge in [0.15, 0.2) is 0 Å². The highest BCUT2D eigenvalue weighted by Crippen LogP contribution is 2.48. The molecular formula is C52H40N8. The van der Waals surface area contributed by atoms with Gasteiger partial charge in [-0.05, 0) is 147 Å². The molecule has 1 aliphatic rings. The van der Waals surface area contributed by atoms with Crippen molar-refractivity contribution in [3.05, 3.63) is 236 Å². The molecule has 60 heavy (non-hydrogen) atoms. The molecule has 0 saturated heterocycles. The van der Waals surface area contributed by atoms with Gasteiger partial charge in [0.05, 0.1) is 68.2 Å². The average Bonchev–Trinajstić information content (AvgIpc) is 4.16. The van der Waals surface area contributed by atoms with Gasteiger partial charge in [0, 0.05) is 45.6 Å². The maximum Gasteiger partial charge on any atom is 0.0991 e. The Morgan fingerprint density at radius 2 is 0.417 bits per heavy atom. The van der Waals surface area contributed by atoms with E-state index in [1.54, 1.807) is 0 Å². The van der Waals surface area contributed by atoms with Crippen LogP contribution in [0.2, 0.25) is 0 Å². The number of fused-ring (bicyclic) bond motifs is 8. The summed E-state index contributed by atoms with van der Waals surface area (Å²) in [5.74, 6) is 0. The van der Waals surface area contributed by atoms with Gasteiger partial charge in [0.1, 0.15) is 0 Å². The van der Waals surface area contributed by atoms with E-state index in [1.807, 2.05) is 97.1 Å². The number of nitrogens with zero attached hydrogens (tertiary/aromatic N) is 4. The molecule has 5 heterocycles. The van der Waals surface area contributed by atoms with Crippen molar-refractivity contribution in [3.8, 4) is 24.3 Å². The molecule has 9 rings (SSSR count). The number of hydrogen-bond donors (Lipinski definition) is 4. The second kappa shape index (κ2) is 13.8. The quantitative estimate of drug-likeness (QED) is 0.140. The van der Waals surface area contributed by atoms with E-state index in [9.17, 15) is 21.0 Å². The Morgan fingerprint density at radius 1 is 0.267 bits per heavy atom. The topological polar surface area (TPSA) is 158 Å². The molecule has 0 amide bonds. The van der Waals surface area contributed by atoms with Crippen molar-refractivity contribution in [2.75, 3.05) is 0 Å². The summed E-state index contributed by atoms with van der Waals surface area (Å²) in [6.45, 7) is 8.79. The van der Waals surface area contributed by atoms with E-state index >= 15 is 0 Å². The fourth-order valence-electron chi connectivity index (χ4n) is 9.25. The summed E-state index contributed by atoms with van der Waals surface area (Å²) in [7, 11) is 0. The number of nitriles is 4. The molecule has 0 spiro atoms. The van der Waals surface area contributed by atoms with E-state index in [-0.39, 0.29) is 0 Å². The number of rotatable bonds is 4. The molecule has 0 atom stereocenters. The monoisotopic (exact) mass is 776 g/mol. The zero-order chi connectivity index (χ0) is 41.9. The summed E-state index contributed by atoms with van der Waals surface area (Å²) >= 11 is 0. The number of aromatic amines is 4. The lowest BCUT2D eigenvalue weighted by molar-refractivity contribution is 0.588. The van der Waals surface area contributed by atoms with Crippen LogP contribution in [0.15, 0.2) is 146 Å². The molecule has 1 aliphatic heterocycles. The van der Waals surface area contributed by atoms with Crippen LogP contribution in [0.3, 0.4) is 0 Å². The third kappa shape index (κ3) is 5.47. The van der Waals surface area contributed by atoms with Crippen LogP contribution >= 0.6 is 0 Å². The van der Waals surface area contributed by atoms with Crippen molar-refractivity contribution in [3.63, 3.8) is 0 Å². The van der Waals surface area contributed by atoms with Crippen molar-refractivity contribution in [1.29, 1.82) is 21.0 Å². The standard InChI is InChI=1S/C52H40N8/c1-49(37-13-5-33(29-53)6-14-37)41-21-23-43(57-41)50(2,38-15-7-34(30-54)8-16-38)45-25-27-47(59-45)52(4,40-19-11-36(32-56)12-20-40)48-28-26-46(60-48)51(3,44-24-22-42(49)58-44)39-17-9-35(31-55)10-18-39/h5-28,57-60H,1-4H3. The Kier molecular flexibility index (Phi) is 8.64. The Bertz CT molecular complexity index is 2570. The predicted octanol–water partition coefficient (Wildman–Crippen LogP) is 10.2. The van der Waals surface area contributed by atoms with Crippen LogP contribution in [0.25, 0.3) is 0 Å². The van der Waals surface area contributed by atoms with Crippen LogP contribution in [0, 0.1) is 45.3 Å². The predicted molar refractivity (Wildman–Crippen MR) is 230 cm³/mol. The summed E-state index contributed by atoms with van der Waals surface area (Å²) in [5.41, 5.74) is 10.9. The van der Waals surface area contributed by atoms with Crippen LogP contribution in [-0.4, -0.2) is 19.9 Å². The van der Waals surface area contributed by atoms with Gasteiger partial charge < -0.3 is 19.9 Å². The lowest BCUT2D eigenvalue weighted by Crippen LogP contribution is -2.32. The van der Waals surface area contributed by atoms with Gasteiger partial charge in [-0.15, -0.1) is 0 Å². The first-order valence-electron chi connectivity index (χ1n) is 19.8. The Balaban J connectivity index is 1.37. The molecule has 0 fully saturated rings. The zero-order valence-corrected chi connectivity index (χ0v) is 33.6. The van der Waals surface area contributed by atoms with E-state index < -0.39 is 21.7 Å². The first-order chi connectivity index (χ1) is 29.0. The van der Waals surface area contributed by atoms with Crippen molar-refractivity contribution in [2.24, 2.45) is 0 Å². The summed E-state index contributed by atoms with van der Waals surface area (Å²) in [6, 6.07) is 57.4. The average molecular weight is 777 g/mol. The van der Waals surface area contributed by atoms with E-state index in [1.165, 1.54) is 0 Å². The van der Waals surface area contributed by atoms with Crippen molar-refractivity contribution in [1.82, 2.24) is 19.9 Å². The van der Waals surface area contributed by atoms with Gasteiger partial charge in [0.25, 0.3) is 0 Å². The fourth-order valence-corrected chi connectivity index (χ4v) is 9.25. The third-order valence-corrected chi connectivity index (χ3v) is 13.4. The zero-order valence-electron chi connectivity index (χ0n) is 33.6. The van der Waals surface area contributed by atoms with Gasteiger partial charge in [-0.3, -0.25) is 0 Å². The van der Waals surface area contributed by atoms with E-state index in [4.69, 9.17) is 0 Å². The third-order valence-electron chi connectivity index (χ3n) is 13.4. The normalized spacial score (nSPS) is 21.9. The van der Waals surface area contributed by atoms with Gasteiger partial charge in [-0.25, -0.2) is 0 Å². The summed E-state index contributed by atoms with van der Waals surface area (Å²) in [6.07, 6.45) is 0. The highest BCUT2D eigenvalue weighted by atomic mass is 14.9. The molecule has 288 valence electrons. The van der Waals surface area contributed by atoms with Crippen molar-refractivity contribution >= 4 is 0 Å².